The summed E-state index contributed by atoms with van der Waals surface area (Å²) in [6, 6.07) is 14.6. The average molecular weight is 345 g/mol. The Morgan fingerprint density at radius 2 is 1.88 bits per heavy atom. The third kappa shape index (κ3) is 3.34. The van der Waals surface area contributed by atoms with Gasteiger partial charge in [0.2, 0.25) is 0 Å². The maximum absolute atomic E-state index is 8.88. The van der Waals surface area contributed by atoms with Crippen LogP contribution in [0.4, 0.5) is 0 Å². The lowest BCUT2D eigenvalue weighted by Gasteiger charge is -2.27. The summed E-state index contributed by atoms with van der Waals surface area (Å²) in [5, 5.41) is 12.3. The maximum atomic E-state index is 8.88. The van der Waals surface area contributed by atoms with Crippen LogP contribution in [0.3, 0.4) is 0 Å². The molecule has 3 heterocycles. The second-order valence-corrected chi connectivity index (χ2v) is 6.90. The molecule has 1 N–H and O–H groups in total. The van der Waals surface area contributed by atoms with Crippen LogP contribution in [0.15, 0.2) is 42.6 Å². The number of aryl methyl sites for hydroxylation is 1. The van der Waals surface area contributed by atoms with Crippen LogP contribution in [0.25, 0.3) is 16.9 Å². The average Bonchev–Trinajstić information content (AvgIpc) is 3.01. The summed E-state index contributed by atoms with van der Waals surface area (Å²) in [4.78, 5) is 7.40. The summed E-state index contributed by atoms with van der Waals surface area (Å²) in [6.45, 7) is 7.19. The topological polar surface area (TPSA) is 56.4 Å². The van der Waals surface area contributed by atoms with Crippen LogP contribution >= 0.6 is 0 Å². The van der Waals surface area contributed by atoms with E-state index in [0.29, 0.717) is 6.42 Å². The molecule has 1 saturated heterocycles. The number of aromatic nitrogens is 2. The summed E-state index contributed by atoms with van der Waals surface area (Å²) in [6.07, 6.45) is 2.62. The number of nitrogens with zero attached hydrogens (tertiary/aromatic N) is 4. The van der Waals surface area contributed by atoms with E-state index in [0.717, 1.165) is 55.2 Å². The molecule has 5 heteroatoms. The van der Waals surface area contributed by atoms with Gasteiger partial charge in [-0.05, 0) is 24.1 Å². The van der Waals surface area contributed by atoms with Crippen molar-refractivity contribution in [1.82, 2.24) is 19.6 Å². The van der Waals surface area contributed by atoms with Gasteiger partial charge in [-0.2, -0.15) is 5.26 Å². The van der Waals surface area contributed by atoms with E-state index in [1.54, 1.807) is 0 Å². The number of nitriles is 1. The minimum Gasteiger partial charge on any atom is -0.314 e. The molecule has 0 unspecified atom stereocenters. The molecule has 2 aromatic heterocycles. The monoisotopic (exact) mass is 345 g/mol. The molecule has 1 fully saturated rings. The van der Waals surface area contributed by atoms with Crippen LogP contribution in [-0.4, -0.2) is 40.5 Å². The van der Waals surface area contributed by atoms with Gasteiger partial charge in [-0.15, -0.1) is 0 Å². The molecule has 0 radical (unpaired) electrons. The fourth-order valence-electron chi connectivity index (χ4n) is 3.53. The van der Waals surface area contributed by atoms with Crippen molar-refractivity contribution in [2.75, 3.05) is 26.2 Å². The Hall–Kier alpha value is -2.68. The number of hydrogen-bond donors (Lipinski definition) is 1. The van der Waals surface area contributed by atoms with Crippen molar-refractivity contribution in [3.8, 4) is 17.3 Å². The Labute approximate surface area is 153 Å². The van der Waals surface area contributed by atoms with Crippen LogP contribution in [0.5, 0.6) is 0 Å². The molecular formula is C21H23N5. The number of hydrogen-bond acceptors (Lipinski definition) is 4. The van der Waals surface area contributed by atoms with Crippen LogP contribution in [0.1, 0.15) is 16.8 Å². The number of nitrogens with one attached hydrogen (secondary N) is 1. The summed E-state index contributed by atoms with van der Waals surface area (Å²) in [7, 11) is 0. The molecule has 0 atom stereocenters. The molecule has 0 amide bonds. The lowest BCUT2D eigenvalue weighted by Crippen LogP contribution is -2.43. The zero-order valence-corrected chi connectivity index (χ0v) is 15.1. The van der Waals surface area contributed by atoms with Gasteiger partial charge in [0.1, 0.15) is 5.65 Å². The van der Waals surface area contributed by atoms with Crippen LogP contribution < -0.4 is 5.32 Å². The van der Waals surface area contributed by atoms with Crippen LogP contribution in [0.2, 0.25) is 0 Å². The number of rotatable bonds is 4. The highest BCUT2D eigenvalue weighted by Crippen LogP contribution is 2.26. The minimum absolute atomic E-state index is 0.443. The van der Waals surface area contributed by atoms with Gasteiger partial charge in [-0.3, -0.25) is 4.90 Å². The van der Waals surface area contributed by atoms with Gasteiger partial charge in [-0.1, -0.05) is 30.3 Å². The third-order valence-corrected chi connectivity index (χ3v) is 4.96. The number of benzene rings is 1. The predicted molar refractivity (Wildman–Crippen MR) is 103 cm³/mol. The van der Waals surface area contributed by atoms with Crippen molar-refractivity contribution in [2.45, 2.75) is 19.9 Å². The lowest BCUT2D eigenvalue weighted by molar-refractivity contribution is 0.230. The highest BCUT2D eigenvalue weighted by Gasteiger charge is 2.18. The first-order valence-electron chi connectivity index (χ1n) is 9.11. The molecule has 4 rings (SSSR count). The molecule has 0 saturated carbocycles. The zero-order chi connectivity index (χ0) is 17.9. The quantitative estimate of drug-likeness (QED) is 0.790. The van der Waals surface area contributed by atoms with Gasteiger partial charge >= 0.3 is 0 Å². The van der Waals surface area contributed by atoms with Crippen molar-refractivity contribution in [3.05, 3.63) is 59.4 Å². The van der Waals surface area contributed by atoms with Crippen molar-refractivity contribution < 1.29 is 0 Å². The molecule has 0 bridgehead atoms. The zero-order valence-electron chi connectivity index (χ0n) is 15.1. The van der Waals surface area contributed by atoms with Gasteiger partial charge in [0, 0.05) is 44.5 Å². The normalized spacial score (nSPS) is 15.2. The fraction of sp³-hybridized carbons (Fsp3) is 0.333. The first-order chi connectivity index (χ1) is 12.7. The first-order valence-corrected chi connectivity index (χ1v) is 9.11. The van der Waals surface area contributed by atoms with E-state index >= 15 is 0 Å². The Balaban J connectivity index is 1.77. The molecule has 1 aliphatic rings. The molecular weight excluding hydrogens is 322 g/mol. The highest BCUT2D eigenvalue weighted by molar-refractivity contribution is 5.67. The molecule has 1 aliphatic heterocycles. The van der Waals surface area contributed by atoms with Crippen LogP contribution in [0, 0.1) is 18.3 Å². The van der Waals surface area contributed by atoms with Gasteiger partial charge in [0.25, 0.3) is 0 Å². The number of imidazole rings is 1. The number of piperazine rings is 1. The Bertz CT molecular complexity index is 943. The number of pyridine rings is 1. The summed E-state index contributed by atoms with van der Waals surface area (Å²) >= 11 is 0. The van der Waals surface area contributed by atoms with Gasteiger partial charge in [0.15, 0.2) is 0 Å². The van der Waals surface area contributed by atoms with Crippen molar-refractivity contribution in [1.29, 1.82) is 5.26 Å². The summed E-state index contributed by atoms with van der Waals surface area (Å²) in [5.74, 6) is 0. The minimum atomic E-state index is 0.443. The second kappa shape index (κ2) is 7.28. The van der Waals surface area contributed by atoms with Crippen molar-refractivity contribution in [2.24, 2.45) is 0 Å². The SMILES string of the molecule is Cc1ccc2nc(-c3ccc(CC#N)cc3)c(CN3CCNCC3)n2c1. The fourth-order valence-corrected chi connectivity index (χ4v) is 3.53. The van der Waals surface area contributed by atoms with E-state index in [2.05, 4.69) is 58.1 Å². The molecule has 3 aromatic rings. The van der Waals surface area contributed by atoms with Crippen LogP contribution in [-0.2, 0) is 13.0 Å². The largest absolute Gasteiger partial charge is 0.314 e. The van der Waals surface area contributed by atoms with Gasteiger partial charge in [-0.25, -0.2) is 4.98 Å². The summed E-state index contributed by atoms with van der Waals surface area (Å²) in [5.41, 5.74) is 6.64. The standard InChI is InChI=1S/C21H23N5/c1-16-2-7-20-24-21(18-5-3-17(4-6-18)8-9-22)19(26(20)14-16)15-25-12-10-23-11-13-25/h2-7,14,23H,8,10-13,15H2,1H3. The molecule has 26 heavy (non-hydrogen) atoms. The third-order valence-electron chi connectivity index (χ3n) is 4.96. The van der Waals surface area contributed by atoms with E-state index < -0.39 is 0 Å². The van der Waals surface area contributed by atoms with E-state index in [1.165, 1.54) is 11.3 Å². The summed E-state index contributed by atoms with van der Waals surface area (Å²) < 4.78 is 2.23. The van der Waals surface area contributed by atoms with E-state index in [-0.39, 0.29) is 0 Å². The second-order valence-electron chi connectivity index (χ2n) is 6.90. The van der Waals surface area contributed by atoms with Gasteiger partial charge in [0.05, 0.1) is 23.9 Å². The Morgan fingerprint density at radius 1 is 1.12 bits per heavy atom. The number of fused-ring (bicyclic) bond motifs is 1. The lowest BCUT2D eigenvalue weighted by atomic mass is 10.1. The molecule has 0 spiro atoms. The maximum Gasteiger partial charge on any atom is 0.137 e. The molecule has 1 aromatic carbocycles. The van der Waals surface area contributed by atoms with E-state index in [9.17, 15) is 0 Å². The highest BCUT2D eigenvalue weighted by atomic mass is 15.2. The predicted octanol–water partition coefficient (Wildman–Crippen LogP) is 2.78. The molecule has 0 aliphatic carbocycles. The van der Waals surface area contributed by atoms with Crippen molar-refractivity contribution in [3.63, 3.8) is 0 Å². The Kier molecular flexibility index (Phi) is 4.70. The first kappa shape index (κ1) is 16.8. The van der Waals surface area contributed by atoms with Crippen molar-refractivity contribution >= 4 is 5.65 Å². The molecule has 132 valence electrons. The Morgan fingerprint density at radius 3 is 2.62 bits per heavy atom. The van der Waals surface area contributed by atoms with E-state index in [1.807, 2.05) is 12.1 Å². The van der Waals surface area contributed by atoms with E-state index in [4.69, 9.17) is 10.2 Å². The van der Waals surface area contributed by atoms with Gasteiger partial charge < -0.3 is 9.72 Å². The molecule has 5 nitrogen and oxygen atoms in total. The smallest absolute Gasteiger partial charge is 0.137 e.